The molecule has 0 unspecified atom stereocenters. The van der Waals surface area contributed by atoms with Crippen LogP contribution in [0.25, 0.3) is 0 Å². The van der Waals surface area contributed by atoms with Crippen LogP contribution in [0, 0.1) is 0 Å². The molecular weight excluding hydrogens is 428 g/mol. The van der Waals surface area contributed by atoms with Gasteiger partial charge in [0.1, 0.15) is 0 Å². The van der Waals surface area contributed by atoms with Crippen molar-refractivity contribution in [3.63, 3.8) is 0 Å². The van der Waals surface area contributed by atoms with Crippen LogP contribution in [0.2, 0.25) is 0 Å². The van der Waals surface area contributed by atoms with E-state index in [-0.39, 0.29) is 44.8 Å². The molecule has 0 aromatic heterocycles. The second kappa shape index (κ2) is 7.94. The Morgan fingerprint density at radius 2 is 1.12 bits per heavy atom. The summed E-state index contributed by atoms with van der Waals surface area (Å²) in [5, 5.41) is 0. The van der Waals surface area contributed by atoms with E-state index >= 15 is 0 Å². The first kappa shape index (κ1) is 21.0. The third-order valence-electron chi connectivity index (χ3n) is 5.95. The second-order valence-corrected chi connectivity index (χ2v) is 7.95. The van der Waals surface area contributed by atoms with Crippen LogP contribution in [-0.4, -0.2) is 23.1 Å². The van der Waals surface area contributed by atoms with Gasteiger partial charge < -0.3 is 11.5 Å². The lowest BCUT2D eigenvalue weighted by Gasteiger charge is -2.24. The van der Waals surface area contributed by atoms with Crippen LogP contribution >= 0.6 is 0 Å². The molecule has 0 aliphatic heterocycles. The molecule has 0 radical (unpaired) electrons. The van der Waals surface area contributed by atoms with Crippen LogP contribution in [0.3, 0.4) is 0 Å². The van der Waals surface area contributed by atoms with Crippen molar-refractivity contribution < 1.29 is 19.2 Å². The predicted molar refractivity (Wildman–Crippen MR) is 128 cm³/mol. The third-order valence-corrected chi connectivity index (χ3v) is 5.95. The Hall–Kier alpha value is -4.84. The van der Waals surface area contributed by atoms with Crippen LogP contribution in [0.1, 0.15) is 63.7 Å². The van der Waals surface area contributed by atoms with Crippen molar-refractivity contribution in [3.05, 3.63) is 129 Å². The van der Waals surface area contributed by atoms with Gasteiger partial charge in [-0.3, -0.25) is 19.2 Å². The minimum atomic E-state index is -0.615. The third kappa shape index (κ3) is 3.12. The predicted octanol–water partition coefficient (Wildman–Crippen LogP) is 4.09. The molecule has 34 heavy (non-hydrogen) atoms. The van der Waals surface area contributed by atoms with Crippen molar-refractivity contribution in [2.24, 2.45) is 0 Å². The number of hydrogen-bond acceptors (Lipinski definition) is 6. The number of fused-ring (bicyclic) bond motifs is 2. The smallest absolute Gasteiger partial charge is 0.196 e. The Balaban J connectivity index is 1.76. The minimum absolute atomic E-state index is 0.0270. The number of anilines is 2. The van der Waals surface area contributed by atoms with Crippen molar-refractivity contribution >= 4 is 34.5 Å². The standard InChI is InChI=1S/C28H18N2O4/c29-20-14-19(26(32)16-10-5-2-6-11-16)22-23(24(20)30)27(33)18-13-7-12-17(21(18)28(22)34)25(31)15-8-3-1-4-9-15/h1-14H,29-30H2. The molecule has 0 saturated heterocycles. The maximum atomic E-state index is 13.9. The van der Waals surface area contributed by atoms with E-state index in [2.05, 4.69) is 0 Å². The fourth-order valence-corrected chi connectivity index (χ4v) is 4.29. The summed E-state index contributed by atoms with van der Waals surface area (Å²) in [6.45, 7) is 0. The molecule has 4 aromatic carbocycles. The first-order valence-corrected chi connectivity index (χ1v) is 10.5. The maximum Gasteiger partial charge on any atom is 0.196 e. The van der Waals surface area contributed by atoms with E-state index in [1.807, 2.05) is 0 Å². The quantitative estimate of drug-likeness (QED) is 0.317. The number of carbonyl (C=O) groups is 4. The van der Waals surface area contributed by atoms with Crippen LogP contribution in [-0.2, 0) is 0 Å². The Labute approximate surface area is 194 Å². The number of hydrogen-bond donors (Lipinski definition) is 2. The van der Waals surface area contributed by atoms with E-state index < -0.39 is 23.1 Å². The van der Waals surface area contributed by atoms with Crippen molar-refractivity contribution in [2.45, 2.75) is 0 Å². The highest BCUT2D eigenvalue weighted by molar-refractivity contribution is 6.36. The first-order chi connectivity index (χ1) is 16.4. The second-order valence-electron chi connectivity index (χ2n) is 7.95. The number of ketones is 4. The summed E-state index contributed by atoms with van der Waals surface area (Å²) < 4.78 is 0. The lowest BCUT2D eigenvalue weighted by Crippen LogP contribution is -2.28. The Bertz CT molecular complexity index is 1520. The molecule has 4 aromatic rings. The SMILES string of the molecule is Nc1cc(C(=O)c2ccccc2)c2c(c1N)C(=O)c1cccc(C(=O)c3ccccc3)c1C2=O. The molecule has 0 atom stereocenters. The summed E-state index contributed by atoms with van der Waals surface area (Å²) in [6.07, 6.45) is 0. The number of rotatable bonds is 4. The van der Waals surface area contributed by atoms with E-state index in [9.17, 15) is 19.2 Å². The number of carbonyl (C=O) groups excluding carboxylic acids is 4. The zero-order valence-electron chi connectivity index (χ0n) is 17.9. The minimum Gasteiger partial charge on any atom is -0.397 e. The summed E-state index contributed by atoms with van der Waals surface area (Å²) in [4.78, 5) is 54.0. The fraction of sp³-hybridized carbons (Fsp3) is 0. The van der Waals surface area contributed by atoms with Gasteiger partial charge in [-0.15, -0.1) is 0 Å². The fourth-order valence-electron chi connectivity index (χ4n) is 4.29. The number of nitrogens with two attached hydrogens (primary N) is 2. The average Bonchev–Trinajstić information content (AvgIpc) is 2.88. The van der Waals surface area contributed by atoms with Crippen molar-refractivity contribution in [1.29, 1.82) is 0 Å². The van der Waals surface area contributed by atoms with Crippen molar-refractivity contribution in [2.75, 3.05) is 11.5 Å². The topological polar surface area (TPSA) is 120 Å². The van der Waals surface area contributed by atoms with Gasteiger partial charge in [0.2, 0.25) is 0 Å². The molecule has 6 nitrogen and oxygen atoms in total. The Kier molecular flexibility index (Phi) is 4.91. The summed E-state index contributed by atoms with van der Waals surface area (Å²) in [5.41, 5.74) is 12.7. The molecular formula is C28H18N2O4. The van der Waals surface area contributed by atoms with Gasteiger partial charge in [-0.2, -0.15) is 0 Å². The molecule has 0 heterocycles. The zero-order chi connectivity index (χ0) is 24.0. The highest BCUT2D eigenvalue weighted by Gasteiger charge is 2.38. The van der Waals surface area contributed by atoms with E-state index in [1.165, 1.54) is 18.2 Å². The van der Waals surface area contributed by atoms with E-state index in [0.29, 0.717) is 11.1 Å². The summed E-state index contributed by atoms with van der Waals surface area (Å²) >= 11 is 0. The number of nitrogen functional groups attached to an aromatic ring is 2. The highest BCUT2D eigenvalue weighted by Crippen LogP contribution is 2.38. The van der Waals surface area contributed by atoms with Gasteiger partial charge in [-0.05, 0) is 6.07 Å². The van der Waals surface area contributed by atoms with Gasteiger partial charge in [0.15, 0.2) is 23.1 Å². The van der Waals surface area contributed by atoms with E-state index in [1.54, 1.807) is 66.7 Å². The van der Waals surface area contributed by atoms with Gasteiger partial charge in [-0.1, -0.05) is 78.9 Å². The molecule has 5 rings (SSSR count). The normalized spacial score (nSPS) is 12.1. The molecule has 4 N–H and O–H groups in total. The van der Waals surface area contributed by atoms with Crippen LogP contribution in [0.5, 0.6) is 0 Å². The molecule has 6 heteroatoms. The zero-order valence-corrected chi connectivity index (χ0v) is 17.9. The van der Waals surface area contributed by atoms with Gasteiger partial charge >= 0.3 is 0 Å². The molecule has 1 aliphatic rings. The summed E-state index contributed by atoms with van der Waals surface area (Å²) in [6, 6.07) is 22.7. The van der Waals surface area contributed by atoms with E-state index in [0.717, 1.165) is 0 Å². The average molecular weight is 446 g/mol. The van der Waals surface area contributed by atoms with Gasteiger partial charge in [0.25, 0.3) is 0 Å². The van der Waals surface area contributed by atoms with Gasteiger partial charge in [-0.25, -0.2) is 0 Å². The first-order valence-electron chi connectivity index (χ1n) is 10.5. The van der Waals surface area contributed by atoms with Gasteiger partial charge in [0, 0.05) is 38.9 Å². The molecule has 0 bridgehead atoms. The maximum absolute atomic E-state index is 13.9. The summed E-state index contributed by atoms with van der Waals surface area (Å²) in [5.74, 6) is -2.05. The van der Waals surface area contributed by atoms with Gasteiger partial charge in [0.05, 0.1) is 16.9 Å². The molecule has 0 fully saturated rings. The molecule has 0 amide bonds. The highest BCUT2D eigenvalue weighted by atomic mass is 16.1. The lowest BCUT2D eigenvalue weighted by molar-refractivity contribution is 0.0966. The van der Waals surface area contributed by atoms with Crippen LogP contribution < -0.4 is 11.5 Å². The van der Waals surface area contributed by atoms with Crippen molar-refractivity contribution in [1.82, 2.24) is 0 Å². The molecule has 0 saturated carbocycles. The Morgan fingerprint density at radius 1 is 0.559 bits per heavy atom. The molecule has 164 valence electrons. The Morgan fingerprint density at radius 3 is 1.71 bits per heavy atom. The summed E-state index contributed by atoms with van der Waals surface area (Å²) in [7, 11) is 0. The van der Waals surface area contributed by atoms with Crippen molar-refractivity contribution in [3.8, 4) is 0 Å². The number of benzene rings is 4. The van der Waals surface area contributed by atoms with Crippen LogP contribution in [0.15, 0.2) is 84.9 Å². The molecule has 1 aliphatic carbocycles. The monoisotopic (exact) mass is 446 g/mol. The lowest BCUT2D eigenvalue weighted by atomic mass is 9.77. The van der Waals surface area contributed by atoms with E-state index in [4.69, 9.17) is 11.5 Å². The van der Waals surface area contributed by atoms with Crippen LogP contribution in [0.4, 0.5) is 11.4 Å². The molecule has 0 spiro atoms. The largest absolute Gasteiger partial charge is 0.397 e.